The van der Waals surface area contributed by atoms with Gasteiger partial charge in [0.2, 0.25) is 0 Å². The molecule has 0 amide bonds. The summed E-state index contributed by atoms with van der Waals surface area (Å²) in [6, 6.07) is 10.5. The first kappa shape index (κ1) is 14.8. The smallest absolute Gasteiger partial charge is 0.125 e. The fourth-order valence-electron chi connectivity index (χ4n) is 3.10. The Morgan fingerprint density at radius 2 is 1.86 bits per heavy atom. The van der Waals surface area contributed by atoms with Crippen molar-refractivity contribution in [3.63, 3.8) is 0 Å². The molecule has 3 rings (SSSR count). The summed E-state index contributed by atoms with van der Waals surface area (Å²) in [5.41, 5.74) is 13.1. The van der Waals surface area contributed by atoms with Crippen molar-refractivity contribution in [1.82, 2.24) is 0 Å². The lowest BCUT2D eigenvalue weighted by Crippen LogP contribution is -2.26. The number of aryl methyl sites for hydroxylation is 2. The van der Waals surface area contributed by atoms with Crippen LogP contribution in [-0.2, 0) is 6.42 Å². The van der Waals surface area contributed by atoms with Crippen molar-refractivity contribution in [3.8, 4) is 5.75 Å². The summed E-state index contributed by atoms with van der Waals surface area (Å²) in [5, 5.41) is 0. The van der Waals surface area contributed by atoms with Gasteiger partial charge in [0.1, 0.15) is 12.4 Å². The summed E-state index contributed by atoms with van der Waals surface area (Å²) in [6.07, 6.45) is 1.10. The number of rotatable bonds is 4. The van der Waals surface area contributed by atoms with Crippen molar-refractivity contribution in [3.05, 3.63) is 52.6 Å². The number of nitrogen functional groups attached to an aromatic ring is 1. The molecule has 0 radical (unpaired) electrons. The molecule has 1 heterocycles. The van der Waals surface area contributed by atoms with Crippen molar-refractivity contribution in [2.24, 2.45) is 0 Å². The molecule has 0 spiro atoms. The minimum atomic E-state index is 0.694. The second-order valence-corrected chi connectivity index (χ2v) is 6.13. The van der Waals surface area contributed by atoms with Gasteiger partial charge in [-0.2, -0.15) is 0 Å². The molecule has 1 aliphatic rings. The lowest BCUT2D eigenvalue weighted by molar-refractivity contribution is 0.320. The molecule has 0 fully saturated rings. The second kappa shape index (κ2) is 5.91. The Labute approximate surface area is 132 Å². The molecule has 0 aliphatic carbocycles. The molecule has 0 saturated heterocycles. The molecular weight excluding hydrogens is 272 g/mol. The van der Waals surface area contributed by atoms with E-state index in [4.69, 9.17) is 10.5 Å². The molecule has 2 aromatic rings. The second-order valence-electron chi connectivity index (χ2n) is 6.13. The van der Waals surface area contributed by atoms with Gasteiger partial charge in [0.25, 0.3) is 0 Å². The quantitative estimate of drug-likeness (QED) is 0.876. The van der Waals surface area contributed by atoms with E-state index in [0.29, 0.717) is 6.61 Å². The first-order valence-corrected chi connectivity index (χ1v) is 7.89. The lowest BCUT2D eigenvalue weighted by atomic mass is 10.1. The van der Waals surface area contributed by atoms with Crippen LogP contribution in [0.4, 0.5) is 11.4 Å². The highest BCUT2D eigenvalue weighted by molar-refractivity contribution is 5.64. The molecule has 2 aromatic carbocycles. The molecule has 3 heteroatoms. The van der Waals surface area contributed by atoms with E-state index in [2.05, 4.69) is 49.9 Å². The number of ether oxygens (including phenoxy) is 1. The molecular formula is C19H24N2O. The maximum Gasteiger partial charge on any atom is 0.125 e. The van der Waals surface area contributed by atoms with Crippen LogP contribution in [0.15, 0.2) is 30.3 Å². The normalized spacial score (nSPS) is 13.3. The summed E-state index contributed by atoms with van der Waals surface area (Å²) in [6.45, 7) is 8.99. The van der Waals surface area contributed by atoms with Gasteiger partial charge in [-0.25, -0.2) is 0 Å². The third kappa shape index (κ3) is 2.76. The Kier molecular flexibility index (Phi) is 3.97. The topological polar surface area (TPSA) is 38.5 Å². The van der Waals surface area contributed by atoms with Crippen LogP contribution in [0.25, 0.3) is 0 Å². The Hall–Kier alpha value is -2.16. The predicted octanol–water partition coefficient (Wildman–Crippen LogP) is 3.64. The van der Waals surface area contributed by atoms with E-state index >= 15 is 0 Å². The van der Waals surface area contributed by atoms with Crippen LogP contribution < -0.4 is 15.4 Å². The van der Waals surface area contributed by atoms with Crippen LogP contribution in [0.2, 0.25) is 0 Å². The summed E-state index contributed by atoms with van der Waals surface area (Å²) in [5.74, 6) is 1.03. The van der Waals surface area contributed by atoms with Gasteiger partial charge in [-0.05, 0) is 61.6 Å². The maximum absolute atomic E-state index is 6.08. The highest BCUT2D eigenvalue weighted by Crippen LogP contribution is 2.30. The molecule has 22 heavy (non-hydrogen) atoms. The molecule has 3 nitrogen and oxygen atoms in total. The average Bonchev–Trinajstić information content (AvgIpc) is 2.89. The minimum Gasteiger partial charge on any atom is -0.491 e. The van der Waals surface area contributed by atoms with E-state index in [1.807, 2.05) is 6.07 Å². The number of benzene rings is 2. The highest BCUT2D eigenvalue weighted by Gasteiger charge is 2.19. The number of hydrogen-bond acceptors (Lipinski definition) is 3. The number of nitrogens with two attached hydrogens (primary N) is 1. The Balaban J connectivity index is 1.66. The van der Waals surface area contributed by atoms with Crippen molar-refractivity contribution < 1.29 is 4.74 Å². The Morgan fingerprint density at radius 1 is 1.09 bits per heavy atom. The number of nitrogens with zero attached hydrogens (tertiary/aromatic N) is 1. The van der Waals surface area contributed by atoms with E-state index in [9.17, 15) is 0 Å². The summed E-state index contributed by atoms with van der Waals surface area (Å²) in [4.78, 5) is 2.37. The molecule has 0 unspecified atom stereocenters. The molecule has 116 valence electrons. The third-order valence-corrected chi connectivity index (χ3v) is 4.58. The predicted molar refractivity (Wildman–Crippen MR) is 92.9 cm³/mol. The average molecular weight is 296 g/mol. The summed E-state index contributed by atoms with van der Waals surface area (Å²) >= 11 is 0. The minimum absolute atomic E-state index is 0.694. The van der Waals surface area contributed by atoms with Crippen molar-refractivity contribution in [2.45, 2.75) is 27.2 Å². The molecule has 0 aromatic heterocycles. The van der Waals surface area contributed by atoms with Gasteiger partial charge in [-0.3, -0.25) is 0 Å². The van der Waals surface area contributed by atoms with Crippen molar-refractivity contribution in [2.75, 3.05) is 30.3 Å². The van der Waals surface area contributed by atoms with Crippen LogP contribution in [0, 0.1) is 20.8 Å². The van der Waals surface area contributed by atoms with E-state index in [-0.39, 0.29) is 0 Å². The molecule has 0 atom stereocenters. The first-order chi connectivity index (χ1) is 10.6. The number of fused-ring (bicyclic) bond motifs is 1. The van der Waals surface area contributed by atoms with Crippen LogP contribution in [0.3, 0.4) is 0 Å². The van der Waals surface area contributed by atoms with Crippen LogP contribution in [-0.4, -0.2) is 19.7 Å². The van der Waals surface area contributed by atoms with Gasteiger partial charge >= 0.3 is 0 Å². The molecule has 0 saturated carbocycles. The number of anilines is 2. The van der Waals surface area contributed by atoms with Gasteiger partial charge in [0.05, 0.1) is 6.54 Å². The van der Waals surface area contributed by atoms with E-state index in [1.54, 1.807) is 0 Å². The van der Waals surface area contributed by atoms with E-state index in [0.717, 1.165) is 30.9 Å². The SMILES string of the molecule is Cc1ccc(C)c(OCCN2CCc3ccc(N)cc32)c1C. The van der Waals surface area contributed by atoms with Crippen molar-refractivity contribution in [1.29, 1.82) is 0 Å². The third-order valence-electron chi connectivity index (χ3n) is 4.58. The van der Waals surface area contributed by atoms with Gasteiger partial charge < -0.3 is 15.4 Å². The fraction of sp³-hybridized carbons (Fsp3) is 0.368. The van der Waals surface area contributed by atoms with Gasteiger partial charge in [0.15, 0.2) is 0 Å². The largest absolute Gasteiger partial charge is 0.491 e. The highest BCUT2D eigenvalue weighted by atomic mass is 16.5. The monoisotopic (exact) mass is 296 g/mol. The van der Waals surface area contributed by atoms with E-state index < -0.39 is 0 Å². The van der Waals surface area contributed by atoms with Crippen LogP contribution in [0.1, 0.15) is 22.3 Å². The lowest BCUT2D eigenvalue weighted by Gasteiger charge is -2.21. The summed E-state index contributed by atoms with van der Waals surface area (Å²) < 4.78 is 6.08. The number of hydrogen-bond donors (Lipinski definition) is 1. The first-order valence-electron chi connectivity index (χ1n) is 7.89. The Bertz CT molecular complexity index is 694. The standard InChI is InChI=1S/C19H24N2O/c1-13-4-5-14(2)19(15(13)3)22-11-10-21-9-8-16-6-7-17(20)12-18(16)21/h4-7,12H,8-11,20H2,1-3H3. The van der Waals surface area contributed by atoms with Gasteiger partial charge in [0, 0.05) is 17.9 Å². The van der Waals surface area contributed by atoms with Crippen LogP contribution >= 0.6 is 0 Å². The molecule has 2 N–H and O–H groups in total. The van der Waals surface area contributed by atoms with Crippen molar-refractivity contribution >= 4 is 11.4 Å². The van der Waals surface area contributed by atoms with E-state index in [1.165, 1.54) is 27.9 Å². The summed E-state index contributed by atoms with van der Waals surface area (Å²) in [7, 11) is 0. The zero-order chi connectivity index (χ0) is 15.7. The maximum atomic E-state index is 6.08. The van der Waals surface area contributed by atoms with Gasteiger partial charge in [-0.1, -0.05) is 18.2 Å². The zero-order valence-electron chi connectivity index (χ0n) is 13.6. The molecule has 1 aliphatic heterocycles. The Morgan fingerprint density at radius 3 is 2.68 bits per heavy atom. The molecule has 0 bridgehead atoms. The zero-order valence-corrected chi connectivity index (χ0v) is 13.6. The fourth-order valence-corrected chi connectivity index (χ4v) is 3.10. The van der Waals surface area contributed by atoms with Crippen LogP contribution in [0.5, 0.6) is 5.75 Å². The van der Waals surface area contributed by atoms with Gasteiger partial charge in [-0.15, -0.1) is 0 Å².